The number of benzene rings is 1. The minimum Gasteiger partial charge on any atom is -0.313 e. The van der Waals surface area contributed by atoms with Gasteiger partial charge in [-0.25, -0.2) is 8.42 Å². The van der Waals surface area contributed by atoms with Gasteiger partial charge in [-0.2, -0.15) is 4.31 Å². The fraction of sp³-hybridized carbons (Fsp3) is 0.625. The van der Waals surface area contributed by atoms with Crippen molar-refractivity contribution in [1.29, 1.82) is 0 Å². The van der Waals surface area contributed by atoms with E-state index in [1.807, 2.05) is 19.1 Å². The predicted molar refractivity (Wildman–Crippen MR) is 85.8 cm³/mol. The molecule has 0 aromatic heterocycles. The van der Waals surface area contributed by atoms with Gasteiger partial charge in [0.15, 0.2) is 0 Å². The highest BCUT2D eigenvalue weighted by molar-refractivity contribution is 7.89. The molecule has 0 bridgehead atoms. The number of nitrogens with one attached hydrogen (secondary N) is 1. The van der Waals surface area contributed by atoms with E-state index < -0.39 is 10.0 Å². The van der Waals surface area contributed by atoms with E-state index >= 15 is 0 Å². The van der Waals surface area contributed by atoms with Gasteiger partial charge in [0.1, 0.15) is 0 Å². The van der Waals surface area contributed by atoms with Crippen LogP contribution in [0.4, 0.5) is 0 Å². The van der Waals surface area contributed by atoms with Gasteiger partial charge in [-0.15, -0.1) is 0 Å². The molecule has 0 amide bonds. The van der Waals surface area contributed by atoms with Crippen LogP contribution in [-0.2, 0) is 16.4 Å². The summed E-state index contributed by atoms with van der Waals surface area (Å²) in [6.07, 6.45) is 1.81. The van der Waals surface area contributed by atoms with Crippen molar-refractivity contribution < 1.29 is 8.42 Å². The fourth-order valence-electron chi connectivity index (χ4n) is 2.60. The van der Waals surface area contributed by atoms with Crippen molar-refractivity contribution in [2.24, 2.45) is 5.92 Å². The molecule has 1 saturated heterocycles. The van der Waals surface area contributed by atoms with Crippen LogP contribution in [-0.4, -0.2) is 38.4 Å². The molecule has 0 atom stereocenters. The molecule has 4 nitrogen and oxygen atoms in total. The zero-order chi connectivity index (χ0) is 15.5. The van der Waals surface area contributed by atoms with Crippen LogP contribution in [0, 0.1) is 5.92 Å². The quantitative estimate of drug-likeness (QED) is 0.840. The third-order valence-electron chi connectivity index (χ3n) is 3.79. The summed E-state index contributed by atoms with van der Waals surface area (Å²) in [6, 6.07) is 7.49. The SMILES string of the molecule is CCCN(C1CNC1)S(=O)(=O)c1ccc(CC(C)C)cc1. The lowest BCUT2D eigenvalue weighted by molar-refractivity contribution is 0.242. The number of hydrogen-bond acceptors (Lipinski definition) is 3. The first kappa shape index (κ1) is 16.5. The lowest BCUT2D eigenvalue weighted by Crippen LogP contribution is -2.58. The highest BCUT2D eigenvalue weighted by Crippen LogP contribution is 2.21. The number of nitrogens with zero attached hydrogens (tertiary/aromatic N) is 1. The Labute approximate surface area is 128 Å². The standard InChI is InChI=1S/C16H26N2O2S/c1-4-9-18(15-11-17-12-15)21(19,20)16-7-5-14(6-8-16)10-13(2)3/h5-8,13,15,17H,4,9-12H2,1-3H3. The molecule has 1 aromatic rings. The van der Waals surface area contributed by atoms with Gasteiger partial charge in [-0.05, 0) is 36.5 Å². The summed E-state index contributed by atoms with van der Waals surface area (Å²) < 4.78 is 27.2. The summed E-state index contributed by atoms with van der Waals surface area (Å²) in [5, 5.41) is 3.15. The van der Waals surface area contributed by atoms with E-state index in [2.05, 4.69) is 19.2 Å². The summed E-state index contributed by atoms with van der Waals surface area (Å²) in [5.74, 6) is 0.574. The Morgan fingerprint density at radius 2 is 1.86 bits per heavy atom. The summed E-state index contributed by atoms with van der Waals surface area (Å²) in [5.41, 5.74) is 1.19. The van der Waals surface area contributed by atoms with E-state index in [0.29, 0.717) is 17.4 Å². The molecule has 118 valence electrons. The molecule has 1 aromatic carbocycles. The van der Waals surface area contributed by atoms with Gasteiger partial charge in [-0.3, -0.25) is 0 Å². The minimum atomic E-state index is -3.38. The molecule has 1 N–H and O–H groups in total. The number of sulfonamides is 1. The molecule has 0 radical (unpaired) electrons. The molecule has 1 aliphatic heterocycles. The van der Waals surface area contributed by atoms with Crippen molar-refractivity contribution in [2.45, 2.75) is 44.6 Å². The van der Waals surface area contributed by atoms with Gasteiger partial charge < -0.3 is 5.32 Å². The lowest BCUT2D eigenvalue weighted by Gasteiger charge is -2.37. The first-order chi connectivity index (χ1) is 9.95. The second kappa shape index (κ2) is 6.90. The summed E-state index contributed by atoms with van der Waals surface area (Å²) >= 11 is 0. The molecule has 0 unspecified atom stereocenters. The van der Waals surface area contributed by atoms with Crippen LogP contribution >= 0.6 is 0 Å². The highest BCUT2D eigenvalue weighted by atomic mass is 32.2. The van der Waals surface area contributed by atoms with E-state index in [0.717, 1.165) is 25.9 Å². The monoisotopic (exact) mass is 310 g/mol. The van der Waals surface area contributed by atoms with E-state index in [1.165, 1.54) is 5.56 Å². The summed E-state index contributed by atoms with van der Waals surface area (Å²) in [6.45, 7) is 8.44. The van der Waals surface area contributed by atoms with Crippen molar-refractivity contribution in [1.82, 2.24) is 9.62 Å². The van der Waals surface area contributed by atoms with Crippen molar-refractivity contribution in [3.05, 3.63) is 29.8 Å². The molecular weight excluding hydrogens is 284 g/mol. The van der Waals surface area contributed by atoms with Crippen molar-refractivity contribution in [2.75, 3.05) is 19.6 Å². The normalized spacial score (nSPS) is 16.4. The summed E-state index contributed by atoms with van der Waals surface area (Å²) in [7, 11) is -3.38. The molecule has 1 fully saturated rings. The Bertz CT molecular complexity index is 548. The van der Waals surface area contributed by atoms with E-state index in [1.54, 1.807) is 16.4 Å². The maximum Gasteiger partial charge on any atom is 0.243 e. The van der Waals surface area contributed by atoms with Crippen LogP contribution in [0.25, 0.3) is 0 Å². The zero-order valence-electron chi connectivity index (χ0n) is 13.2. The zero-order valence-corrected chi connectivity index (χ0v) is 14.0. The Hall–Kier alpha value is -0.910. The molecule has 0 saturated carbocycles. The van der Waals surface area contributed by atoms with Crippen molar-refractivity contribution >= 4 is 10.0 Å². The van der Waals surface area contributed by atoms with Crippen LogP contribution < -0.4 is 5.32 Å². The second-order valence-corrected chi connectivity index (χ2v) is 8.06. The van der Waals surface area contributed by atoms with Gasteiger partial charge in [0.25, 0.3) is 0 Å². The molecule has 1 heterocycles. The van der Waals surface area contributed by atoms with E-state index in [9.17, 15) is 8.42 Å². The summed E-state index contributed by atoms with van der Waals surface area (Å²) in [4.78, 5) is 0.412. The third kappa shape index (κ3) is 3.84. The van der Waals surface area contributed by atoms with Crippen LogP contribution in [0.1, 0.15) is 32.8 Å². The minimum absolute atomic E-state index is 0.102. The van der Waals surface area contributed by atoms with Crippen molar-refractivity contribution in [3.63, 3.8) is 0 Å². The van der Waals surface area contributed by atoms with Gasteiger partial charge in [0, 0.05) is 19.6 Å². The van der Waals surface area contributed by atoms with Crippen LogP contribution in [0.2, 0.25) is 0 Å². The molecule has 0 spiro atoms. The fourth-order valence-corrected chi connectivity index (χ4v) is 4.32. The van der Waals surface area contributed by atoms with E-state index in [4.69, 9.17) is 0 Å². The van der Waals surface area contributed by atoms with Crippen molar-refractivity contribution in [3.8, 4) is 0 Å². The topological polar surface area (TPSA) is 49.4 Å². The molecule has 1 aliphatic rings. The Balaban J connectivity index is 2.20. The third-order valence-corrected chi connectivity index (χ3v) is 5.75. The average Bonchev–Trinajstić information content (AvgIpc) is 2.36. The Morgan fingerprint density at radius 3 is 2.29 bits per heavy atom. The average molecular weight is 310 g/mol. The molecule has 0 aliphatic carbocycles. The van der Waals surface area contributed by atoms with Gasteiger partial charge >= 0.3 is 0 Å². The first-order valence-corrected chi connectivity index (χ1v) is 9.20. The number of rotatable bonds is 7. The van der Waals surface area contributed by atoms with Crippen LogP contribution in [0.5, 0.6) is 0 Å². The molecule has 5 heteroatoms. The Morgan fingerprint density at radius 1 is 1.24 bits per heavy atom. The maximum atomic E-state index is 12.8. The molecule has 2 rings (SSSR count). The van der Waals surface area contributed by atoms with Gasteiger partial charge in [0.2, 0.25) is 10.0 Å². The lowest BCUT2D eigenvalue weighted by atomic mass is 10.0. The maximum absolute atomic E-state index is 12.8. The predicted octanol–water partition coefficient (Wildman–Crippen LogP) is 2.26. The smallest absolute Gasteiger partial charge is 0.243 e. The second-order valence-electron chi connectivity index (χ2n) is 6.17. The van der Waals surface area contributed by atoms with Crippen LogP contribution in [0.3, 0.4) is 0 Å². The van der Waals surface area contributed by atoms with E-state index in [-0.39, 0.29) is 6.04 Å². The molecule has 21 heavy (non-hydrogen) atoms. The highest BCUT2D eigenvalue weighted by Gasteiger charge is 2.34. The van der Waals surface area contributed by atoms with Gasteiger partial charge in [0.05, 0.1) is 10.9 Å². The van der Waals surface area contributed by atoms with Crippen LogP contribution in [0.15, 0.2) is 29.2 Å². The Kier molecular flexibility index (Phi) is 5.41. The molecular formula is C16H26N2O2S. The first-order valence-electron chi connectivity index (χ1n) is 7.76. The largest absolute Gasteiger partial charge is 0.313 e. The number of hydrogen-bond donors (Lipinski definition) is 1. The van der Waals surface area contributed by atoms with Gasteiger partial charge in [-0.1, -0.05) is 32.9 Å².